The third-order valence-electron chi connectivity index (χ3n) is 3.51. The number of carbonyl (C=O) groups excluding carboxylic acids is 1. The molecule has 2 atom stereocenters. The van der Waals surface area contributed by atoms with Gasteiger partial charge in [0.15, 0.2) is 0 Å². The van der Waals surface area contributed by atoms with Crippen LogP contribution in [0.3, 0.4) is 0 Å². The van der Waals surface area contributed by atoms with Crippen LogP contribution in [0.15, 0.2) is 0 Å². The molecule has 91 valence electrons. The van der Waals surface area contributed by atoms with Gasteiger partial charge in [0.05, 0.1) is 5.41 Å². The van der Waals surface area contributed by atoms with E-state index >= 15 is 0 Å². The van der Waals surface area contributed by atoms with E-state index in [-0.39, 0.29) is 24.2 Å². The number of rotatable bonds is 1. The Kier molecular flexibility index (Phi) is 2.97. The summed E-state index contributed by atoms with van der Waals surface area (Å²) in [5, 5.41) is 12.8. The van der Waals surface area contributed by atoms with Crippen molar-refractivity contribution in [3.8, 4) is 0 Å². The molecule has 0 aliphatic carbocycles. The Balaban J connectivity index is 1.92. The summed E-state index contributed by atoms with van der Waals surface area (Å²) in [5.74, 6) is -0.156. The Bertz CT molecular complexity index is 270. The Morgan fingerprint density at radius 3 is 2.12 bits per heavy atom. The van der Waals surface area contributed by atoms with Crippen LogP contribution in [-0.2, 0) is 14.7 Å². The molecule has 2 bridgehead atoms. The molecule has 4 heteroatoms. The minimum absolute atomic E-state index is 0.0468. The molecule has 0 aromatic rings. The molecule has 2 aliphatic heterocycles. The second-order valence-electron chi connectivity index (χ2n) is 5.99. The number of ether oxygens (including phenoxy) is 1. The average molecular weight is 226 g/mol. The van der Waals surface area contributed by atoms with Gasteiger partial charge in [-0.25, -0.2) is 0 Å². The predicted molar refractivity (Wildman–Crippen MR) is 57.9 cm³/mol. The smallest absolute Gasteiger partial charge is 0.311 e. The number of fused-ring (bicyclic) bond motifs is 2. The highest BCUT2D eigenvalue weighted by molar-refractivity contribution is 5.75. The van der Waals surface area contributed by atoms with Gasteiger partial charge in [-0.2, -0.15) is 0 Å². The van der Waals surface area contributed by atoms with Crippen LogP contribution in [0.4, 0.5) is 0 Å². The first kappa shape index (κ1) is 11.9. The van der Waals surface area contributed by atoms with Crippen LogP contribution in [0.5, 0.6) is 0 Å². The summed E-state index contributed by atoms with van der Waals surface area (Å²) in [6.45, 7) is 5.56. The molecule has 0 N–H and O–H groups in total. The lowest BCUT2D eigenvalue weighted by atomic mass is 9.96. The lowest BCUT2D eigenvalue weighted by Gasteiger charge is -2.33. The summed E-state index contributed by atoms with van der Waals surface area (Å²) < 4.78 is 5.48. The SMILES string of the molecule is CC(C)(C)C(=O)OC1CC2CCC(C1)N2[O]. The van der Waals surface area contributed by atoms with Gasteiger partial charge < -0.3 is 4.74 Å². The van der Waals surface area contributed by atoms with E-state index < -0.39 is 5.41 Å². The number of hydroxylamine groups is 2. The predicted octanol–water partition coefficient (Wildman–Crippen LogP) is 1.92. The zero-order valence-corrected chi connectivity index (χ0v) is 10.2. The topological polar surface area (TPSA) is 49.4 Å². The summed E-state index contributed by atoms with van der Waals surface area (Å²) in [7, 11) is 0. The number of esters is 1. The summed E-state index contributed by atoms with van der Waals surface area (Å²) in [5.41, 5.74) is -0.451. The lowest BCUT2D eigenvalue weighted by Crippen LogP contribution is -2.44. The second kappa shape index (κ2) is 4.00. The number of hydrogen-bond acceptors (Lipinski definition) is 3. The maximum Gasteiger partial charge on any atom is 0.311 e. The van der Waals surface area contributed by atoms with Crippen LogP contribution < -0.4 is 0 Å². The van der Waals surface area contributed by atoms with Crippen molar-refractivity contribution in [1.29, 1.82) is 0 Å². The molecule has 2 fully saturated rings. The van der Waals surface area contributed by atoms with Gasteiger partial charge in [0.1, 0.15) is 6.10 Å². The van der Waals surface area contributed by atoms with Crippen molar-refractivity contribution < 1.29 is 14.7 Å². The Morgan fingerprint density at radius 1 is 1.19 bits per heavy atom. The summed E-state index contributed by atoms with van der Waals surface area (Å²) >= 11 is 0. The highest BCUT2D eigenvalue weighted by Gasteiger charge is 2.43. The van der Waals surface area contributed by atoms with E-state index in [0.717, 1.165) is 12.8 Å². The molecule has 0 spiro atoms. The van der Waals surface area contributed by atoms with Gasteiger partial charge in [0, 0.05) is 24.9 Å². The fraction of sp³-hybridized carbons (Fsp3) is 0.917. The fourth-order valence-corrected chi connectivity index (χ4v) is 2.51. The Morgan fingerprint density at radius 2 is 1.69 bits per heavy atom. The molecule has 2 aliphatic rings. The number of hydrogen-bond donors (Lipinski definition) is 0. The van der Waals surface area contributed by atoms with Gasteiger partial charge in [0.25, 0.3) is 0 Å². The van der Waals surface area contributed by atoms with E-state index in [1.54, 1.807) is 0 Å². The van der Waals surface area contributed by atoms with E-state index in [4.69, 9.17) is 4.74 Å². The van der Waals surface area contributed by atoms with E-state index in [2.05, 4.69) is 0 Å². The first-order chi connectivity index (χ1) is 7.38. The molecule has 2 heterocycles. The normalized spacial score (nSPS) is 35.1. The van der Waals surface area contributed by atoms with Gasteiger partial charge in [-0.15, -0.1) is 10.3 Å². The number of nitrogens with zero attached hydrogens (tertiary/aromatic N) is 1. The van der Waals surface area contributed by atoms with Crippen LogP contribution in [0.2, 0.25) is 0 Å². The van der Waals surface area contributed by atoms with Gasteiger partial charge in [-0.1, -0.05) is 0 Å². The molecule has 2 unspecified atom stereocenters. The van der Waals surface area contributed by atoms with Gasteiger partial charge >= 0.3 is 5.97 Å². The summed E-state index contributed by atoms with van der Waals surface area (Å²) in [4.78, 5) is 11.7. The molecule has 4 nitrogen and oxygen atoms in total. The third-order valence-corrected chi connectivity index (χ3v) is 3.51. The molecular formula is C12H20NO3. The van der Waals surface area contributed by atoms with Crippen molar-refractivity contribution in [1.82, 2.24) is 5.06 Å². The van der Waals surface area contributed by atoms with Crippen LogP contribution >= 0.6 is 0 Å². The van der Waals surface area contributed by atoms with Crippen LogP contribution in [0.25, 0.3) is 0 Å². The maximum absolute atomic E-state index is 11.7. The molecule has 2 rings (SSSR count). The number of piperidine rings is 1. The van der Waals surface area contributed by atoms with E-state index in [0.29, 0.717) is 12.8 Å². The Labute approximate surface area is 96.5 Å². The summed E-state index contributed by atoms with van der Waals surface area (Å²) in [6, 6.07) is 0.160. The van der Waals surface area contributed by atoms with Crippen LogP contribution in [0, 0.1) is 5.41 Å². The first-order valence-corrected chi connectivity index (χ1v) is 6.04. The monoisotopic (exact) mass is 226 g/mol. The minimum Gasteiger partial charge on any atom is -0.462 e. The highest BCUT2D eigenvalue weighted by Crippen LogP contribution is 2.36. The average Bonchev–Trinajstić information content (AvgIpc) is 2.41. The second-order valence-corrected chi connectivity index (χ2v) is 5.99. The fourth-order valence-electron chi connectivity index (χ4n) is 2.51. The standard InChI is InChI=1S/C12H20NO3/c1-12(2,3)11(14)16-10-6-8-4-5-9(7-10)13(8)15/h8-10H,4-7H2,1-3H3. The first-order valence-electron chi connectivity index (χ1n) is 6.04. The Hall–Kier alpha value is -0.610. The zero-order chi connectivity index (χ0) is 11.9. The molecule has 0 aromatic carbocycles. The largest absolute Gasteiger partial charge is 0.462 e. The van der Waals surface area contributed by atoms with Crippen molar-refractivity contribution >= 4 is 5.97 Å². The van der Waals surface area contributed by atoms with Gasteiger partial charge in [-0.3, -0.25) is 4.79 Å². The quantitative estimate of drug-likeness (QED) is 0.642. The molecule has 1 radical (unpaired) electrons. The van der Waals surface area contributed by atoms with Gasteiger partial charge in [0.2, 0.25) is 0 Å². The summed E-state index contributed by atoms with van der Waals surface area (Å²) in [6.07, 6.45) is 3.29. The zero-order valence-electron chi connectivity index (χ0n) is 10.2. The molecule has 0 saturated carbocycles. The maximum atomic E-state index is 11.7. The lowest BCUT2D eigenvalue weighted by molar-refractivity contribution is -0.223. The van der Waals surface area contributed by atoms with E-state index in [1.807, 2.05) is 20.8 Å². The van der Waals surface area contributed by atoms with E-state index in [9.17, 15) is 10.0 Å². The molecule has 16 heavy (non-hydrogen) atoms. The highest BCUT2D eigenvalue weighted by atomic mass is 16.5. The molecule has 2 saturated heterocycles. The van der Waals surface area contributed by atoms with Crippen molar-refractivity contribution in [2.75, 3.05) is 0 Å². The van der Waals surface area contributed by atoms with Crippen molar-refractivity contribution in [2.24, 2.45) is 5.41 Å². The molecule has 0 aromatic heterocycles. The third kappa shape index (κ3) is 2.23. The van der Waals surface area contributed by atoms with Crippen molar-refractivity contribution in [3.05, 3.63) is 0 Å². The molecular weight excluding hydrogens is 206 g/mol. The van der Waals surface area contributed by atoms with Crippen molar-refractivity contribution in [2.45, 2.75) is 64.6 Å². The van der Waals surface area contributed by atoms with Crippen LogP contribution in [0.1, 0.15) is 46.5 Å². The number of carbonyl (C=O) groups is 1. The van der Waals surface area contributed by atoms with Crippen LogP contribution in [-0.4, -0.2) is 29.2 Å². The van der Waals surface area contributed by atoms with Crippen molar-refractivity contribution in [3.63, 3.8) is 0 Å². The van der Waals surface area contributed by atoms with Gasteiger partial charge in [-0.05, 0) is 33.6 Å². The van der Waals surface area contributed by atoms with E-state index in [1.165, 1.54) is 5.06 Å². The molecule has 0 amide bonds. The minimum atomic E-state index is -0.451.